The molecule has 0 saturated carbocycles. The van der Waals surface area contributed by atoms with Crippen molar-refractivity contribution in [3.63, 3.8) is 0 Å². The number of thiophene rings is 1. The van der Waals surface area contributed by atoms with Crippen LogP contribution in [0.1, 0.15) is 16.7 Å². The van der Waals surface area contributed by atoms with Gasteiger partial charge in [-0.2, -0.15) is 0 Å². The number of hydrogen-bond donors (Lipinski definition) is 1. The quantitative estimate of drug-likeness (QED) is 0.600. The summed E-state index contributed by atoms with van der Waals surface area (Å²) in [6.45, 7) is 1.92. The Morgan fingerprint density at radius 2 is 2.12 bits per heavy atom. The van der Waals surface area contributed by atoms with Crippen molar-refractivity contribution in [2.45, 2.75) is 13.0 Å². The lowest BCUT2D eigenvalue weighted by molar-refractivity contribution is 0.256. The second-order valence-electron chi connectivity index (χ2n) is 2.87. The fourth-order valence-electron chi connectivity index (χ4n) is 0.861. The normalized spacial score (nSPS) is 11.4. The molecular formula is C13H11ClOS. The number of halogens is 1. The molecule has 0 aromatic carbocycles. The van der Waals surface area contributed by atoms with E-state index in [4.69, 9.17) is 16.7 Å². The van der Waals surface area contributed by atoms with E-state index in [-0.39, 0.29) is 5.88 Å². The Balaban J connectivity index is 2.72. The topological polar surface area (TPSA) is 20.2 Å². The maximum Gasteiger partial charge on any atom is 0.128 e. The summed E-state index contributed by atoms with van der Waals surface area (Å²) < 4.78 is 0. The van der Waals surface area contributed by atoms with Gasteiger partial charge >= 0.3 is 0 Å². The number of allylic oxidation sites excluding steroid dienone is 2. The van der Waals surface area contributed by atoms with Crippen LogP contribution in [0.5, 0.6) is 0 Å². The molecule has 1 nitrogen and oxygen atoms in total. The number of hydrogen-bond acceptors (Lipinski definition) is 2. The second kappa shape index (κ2) is 7.14. The van der Waals surface area contributed by atoms with Crippen molar-refractivity contribution in [1.29, 1.82) is 0 Å². The van der Waals surface area contributed by atoms with Crippen LogP contribution < -0.4 is 0 Å². The molecule has 0 aliphatic heterocycles. The van der Waals surface area contributed by atoms with Crippen LogP contribution >= 0.6 is 22.9 Å². The van der Waals surface area contributed by atoms with Crippen molar-refractivity contribution in [3.8, 4) is 23.7 Å². The molecule has 0 radical (unpaired) electrons. The smallest absolute Gasteiger partial charge is 0.128 e. The van der Waals surface area contributed by atoms with Crippen molar-refractivity contribution in [1.82, 2.24) is 0 Å². The third kappa shape index (κ3) is 4.55. The van der Waals surface area contributed by atoms with Gasteiger partial charge in [0.25, 0.3) is 0 Å². The summed E-state index contributed by atoms with van der Waals surface area (Å²) in [5.41, 5.74) is 0. The van der Waals surface area contributed by atoms with Gasteiger partial charge in [0, 0.05) is 0 Å². The largest absolute Gasteiger partial charge is 0.379 e. The highest BCUT2D eigenvalue weighted by molar-refractivity contribution is 7.13. The Morgan fingerprint density at radius 3 is 2.75 bits per heavy atom. The van der Waals surface area contributed by atoms with Gasteiger partial charge in [-0.25, -0.2) is 0 Å². The standard InChI is InChI=1S/C13H11ClOS/c1-2-3-4-5-12-8-9-13(16-12)7-6-11(15)10-14/h2-3,8-9,11,15H,10H2,1H3/b3-2+. The molecule has 0 aliphatic rings. The van der Waals surface area contributed by atoms with Crippen molar-refractivity contribution < 1.29 is 5.11 Å². The van der Waals surface area contributed by atoms with Crippen LogP contribution in [0.3, 0.4) is 0 Å². The molecule has 1 unspecified atom stereocenters. The van der Waals surface area contributed by atoms with Gasteiger partial charge in [0.05, 0.1) is 15.6 Å². The fraction of sp³-hybridized carbons (Fsp3) is 0.231. The maximum atomic E-state index is 9.16. The van der Waals surface area contributed by atoms with Crippen LogP contribution in [0.15, 0.2) is 24.3 Å². The van der Waals surface area contributed by atoms with Crippen molar-refractivity contribution in [3.05, 3.63) is 34.0 Å². The molecular weight excluding hydrogens is 240 g/mol. The van der Waals surface area contributed by atoms with E-state index in [9.17, 15) is 0 Å². The molecule has 1 aromatic rings. The summed E-state index contributed by atoms with van der Waals surface area (Å²) in [5.74, 6) is 11.5. The van der Waals surface area contributed by atoms with Gasteiger partial charge in [-0.05, 0) is 25.1 Å². The molecule has 1 heterocycles. The average Bonchev–Trinajstić information content (AvgIpc) is 2.74. The first-order valence-electron chi connectivity index (χ1n) is 4.74. The van der Waals surface area contributed by atoms with E-state index < -0.39 is 6.10 Å². The van der Waals surface area contributed by atoms with E-state index in [2.05, 4.69) is 23.7 Å². The molecule has 0 aliphatic carbocycles. The summed E-state index contributed by atoms with van der Waals surface area (Å²) in [4.78, 5) is 1.84. The Kier molecular flexibility index (Phi) is 5.75. The van der Waals surface area contributed by atoms with E-state index in [1.807, 2.05) is 25.1 Å². The number of aliphatic hydroxyl groups excluding tert-OH is 1. The highest BCUT2D eigenvalue weighted by Gasteiger charge is 1.96. The van der Waals surface area contributed by atoms with Crippen LogP contribution in [-0.2, 0) is 0 Å². The van der Waals surface area contributed by atoms with Gasteiger partial charge in [-0.15, -0.1) is 22.9 Å². The van der Waals surface area contributed by atoms with Crippen LogP contribution in [-0.4, -0.2) is 17.1 Å². The lowest BCUT2D eigenvalue weighted by atomic mass is 10.3. The van der Waals surface area contributed by atoms with E-state index in [1.54, 1.807) is 6.08 Å². The molecule has 0 bridgehead atoms. The van der Waals surface area contributed by atoms with E-state index in [0.29, 0.717) is 0 Å². The maximum absolute atomic E-state index is 9.16. The summed E-state index contributed by atoms with van der Waals surface area (Å²) >= 11 is 6.93. The first-order chi connectivity index (χ1) is 7.76. The molecule has 1 N–H and O–H groups in total. The zero-order valence-electron chi connectivity index (χ0n) is 8.83. The summed E-state index contributed by atoms with van der Waals surface area (Å²) in [6.07, 6.45) is 2.92. The Bertz CT molecular complexity index is 479. The minimum absolute atomic E-state index is 0.131. The average molecular weight is 251 g/mol. The van der Waals surface area contributed by atoms with Crippen LogP contribution in [0, 0.1) is 23.7 Å². The molecule has 3 heteroatoms. The lowest BCUT2D eigenvalue weighted by Gasteiger charge is -1.91. The molecule has 1 aromatic heterocycles. The minimum atomic E-state index is -0.763. The third-order valence-electron chi connectivity index (χ3n) is 1.56. The Hall–Kier alpha value is -1.19. The second-order valence-corrected chi connectivity index (χ2v) is 4.27. The molecule has 0 saturated heterocycles. The van der Waals surface area contributed by atoms with Crippen LogP contribution in [0.2, 0.25) is 0 Å². The molecule has 0 spiro atoms. The van der Waals surface area contributed by atoms with Crippen molar-refractivity contribution in [2.75, 3.05) is 5.88 Å². The zero-order chi connectivity index (χ0) is 11.8. The monoisotopic (exact) mass is 250 g/mol. The Labute approximate surface area is 105 Å². The highest BCUT2D eigenvalue weighted by Crippen LogP contribution is 2.13. The van der Waals surface area contributed by atoms with Crippen molar-refractivity contribution >= 4 is 22.9 Å². The molecule has 82 valence electrons. The predicted octanol–water partition coefficient (Wildman–Crippen LogP) is 2.63. The molecule has 1 atom stereocenters. The number of rotatable bonds is 1. The first kappa shape index (κ1) is 12.9. The predicted molar refractivity (Wildman–Crippen MR) is 69.6 cm³/mol. The SMILES string of the molecule is C/C=C/C#Cc1ccc(C#CC(O)CCl)s1. The van der Waals surface area contributed by atoms with Gasteiger partial charge < -0.3 is 5.11 Å². The molecule has 16 heavy (non-hydrogen) atoms. The van der Waals surface area contributed by atoms with E-state index in [0.717, 1.165) is 9.75 Å². The number of alkyl halides is 1. The summed E-state index contributed by atoms with van der Waals surface area (Å²) in [6, 6.07) is 3.80. The zero-order valence-corrected chi connectivity index (χ0v) is 10.4. The molecule has 1 rings (SSSR count). The lowest BCUT2D eigenvalue weighted by Crippen LogP contribution is -2.03. The third-order valence-corrected chi connectivity index (χ3v) is 2.77. The highest BCUT2D eigenvalue weighted by atomic mass is 35.5. The first-order valence-corrected chi connectivity index (χ1v) is 6.09. The van der Waals surface area contributed by atoms with Crippen LogP contribution in [0.25, 0.3) is 0 Å². The molecule has 0 fully saturated rings. The fourth-order valence-corrected chi connectivity index (χ4v) is 1.67. The van der Waals surface area contributed by atoms with Gasteiger partial charge in [0.1, 0.15) is 6.10 Å². The van der Waals surface area contributed by atoms with Gasteiger partial charge in [0.15, 0.2) is 0 Å². The van der Waals surface area contributed by atoms with Crippen LogP contribution in [0.4, 0.5) is 0 Å². The van der Waals surface area contributed by atoms with E-state index >= 15 is 0 Å². The number of aliphatic hydroxyl groups is 1. The van der Waals surface area contributed by atoms with Gasteiger partial charge in [-0.1, -0.05) is 29.8 Å². The van der Waals surface area contributed by atoms with Gasteiger partial charge in [0.2, 0.25) is 0 Å². The van der Waals surface area contributed by atoms with Gasteiger partial charge in [-0.3, -0.25) is 0 Å². The summed E-state index contributed by atoms with van der Waals surface area (Å²) in [5, 5.41) is 9.16. The van der Waals surface area contributed by atoms with Crippen molar-refractivity contribution in [2.24, 2.45) is 0 Å². The Morgan fingerprint density at radius 1 is 1.44 bits per heavy atom. The minimum Gasteiger partial charge on any atom is -0.379 e. The molecule has 0 amide bonds. The summed E-state index contributed by atoms with van der Waals surface area (Å²) in [7, 11) is 0. The van der Waals surface area contributed by atoms with E-state index in [1.165, 1.54) is 11.3 Å².